The summed E-state index contributed by atoms with van der Waals surface area (Å²) in [5, 5.41) is 26.4. The van der Waals surface area contributed by atoms with Crippen molar-refractivity contribution in [3.05, 3.63) is 45.5 Å². The van der Waals surface area contributed by atoms with Crippen molar-refractivity contribution >= 4 is 17.0 Å². The zero-order valence-electron chi connectivity index (χ0n) is 13.3. The second-order valence-corrected chi connectivity index (χ2v) is 6.63. The fourth-order valence-corrected chi connectivity index (χ4v) is 3.17. The molecule has 124 valence electrons. The molecule has 0 saturated heterocycles. The smallest absolute Gasteiger partial charge is 0.270 e. The summed E-state index contributed by atoms with van der Waals surface area (Å²) in [5.74, 6) is 0. The molecular formula is C16H21N3O3S. The normalized spacial score (nSPS) is 13.7. The van der Waals surface area contributed by atoms with E-state index in [2.05, 4.69) is 17.2 Å². The van der Waals surface area contributed by atoms with Gasteiger partial charge >= 0.3 is 0 Å². The maximum absolute atomic E-state index is 10.9. The lowest BCUT2D eigenvalue weighted by molar-refractivity contribution is -0.384. The van der Waals surface area contributed by atoms with Gasteiger partial charge in [0.1, 0.15) is 5.01 Å². The van der Waals surface area contributed by atoms with Gasteiger partial charge in [-0.2, -0.15) is 0 Å². The van der Waals surface area contributed by atoms with Crippen molar-refractivity contribution in [1.29, 1.82) is 0 Å². The molecule has 1 atom stereocenters. The van der Waals surface area contributed by atoms with E-state index in [1.807, 2.05) is 18.4 Å². The average Bonchev–Trinajstić information content (AvgIpc) is 3.02. The van der Waals surface area contributed by atoms with E-state index in [0.717, 1.165) is 29.1 Å². The van der Waals surface area contributed by atoms with Crippen molar-refractivity contribution in [2.75, 3.05) is 6.61 Å². The molecule has 0 bridgehead atoms. The van der Waals surface area contributed by atoms with Crippen molar-refractivity contribution in [2.24, 2.45) is 0 Å². The summed E-state index contributed by atoms with van der Waals surface area (Å²) in [6.07, 6.45) is 1.87. The summed E-state index contributed by atoms with van der Waals surface area (Å²) in [6, 6.07) is 6.48. The first-order chi connectivity index (χ1) is 11.0. The number of nitro groups is 1. The molecule has 6 nitrogen and oxygen atoms in total. The van der Waals surface area contributed by atoms with Crippen LogP contribution in [0.1, 0.15) is 32.4 Å². The lowest BCUT2D eigenvalue weighted by Gasteiger charge is -2.28. The second kappa shape index (κ2) is 7.63. The predicted octanol–water partition coefficient (Wildman–Crippen LogP) is 3.36. The quantitative estimate of drug-likeness (QED) is 0.570. The molecule has 0 radical (unpaired) electrons. The van der Waals surface area contributed by atoms with E-state index in [4.69, 9.17) is 0 Å². The summed E-state index contributed by atoms with van der Waals surface area (Å²) in [6.45, 7) is 4.70. The second-order valence-electron chi connectivity index (χ2n) is 5.77. The maximum Gasteiger partial charge on any atom is 0.270 e. The van der Waals surface area contributed by atoms with Gasteiger partial charge in [-0.3, -0.25) is 10.1 Å². The number of rotatable bonds is 8. The molecule has 0 aliphatic rings. The van der Waals surface area contributed by atoms with Crippen LogP contribution >= 0.6 is 11.3 Å². The molecule has 2 aromatic rings. The molecule has 0 spiro atoms. The van der Waals surface area contributed by atoms with Gasteiger partial charge in [0.05, 0.1) is 17.2 Å². The van der Waals surface area contributed by atoms with Crippen LogP contribution in [-0.4, -0.2) is 27.2 Å². The average molecular weight is 335 g/mol. The lowest BCUT2D eigenvalue weighted by atomic mass is 9.97. The lowest BCUT2D eigenvalue weighted by Crippen LogP contribution is -2.45. The maximum atomic E-state index is 10.9. The van der Waals surface area contributed by atoms with Crippen LogP contribution in [0.2, 0.25) is 0 Å². The number of benzene rings is 1. The largest absolute Gasteiger partial charge is 0.394 e. The number of hydrogen-bond acceptors (Lipinski definition) is 6. The first kappa shape index (κ1) is 17.5. The first-order valence-electron chi connectivity index (χ1n) is 7.52. The van der Waals surface area contributed by atoms with E-state index in [1.165, 1.54) is 23.5 Å². The molecule has 1 aromatic heterocycles. The van der Waals surface area contributed by atoms with Gasteiger partial charge in [0, 0.05) is 35.2 Å². The van der Waals surface area contributed by atoms with Gasteiger partial charge in [-0.15, -0.1) is 11.3 Å². The third-order valence-electron chi connectivity index (χ3n) is 3.70. The molecule has 0 aliphatic carbocycles. The first-order valence-corrected chi connectivity index (χ1v) is 8.40. The van der Waals surface area contributed by atoms with E-state index < -0.39 is 4.92 Å². The monoisotopic (exact) mass is 335 g/mol. The van der Waals surface area contributed by atoms with Gasteiger partial charge in [0.25, 0.3) is 5.69 Å². The minimum Gasteiger partial charge on any atom is -0.394 e. The molecule has 7 heteroatoms. The highest BCUT2D eigenvalue weighted by molar-refractivity contribution is 7.13. The highest BCUT2D eigenvalue weighted by atomic mass is 32.1. The van der Waals surface area contributed by atoms with Gasteiger partial charge in [-0.25, -0.2) is 4.98 Å². The molecule has 2 N–H and O–H groups in total. The Morgan fingerprint density at radius 2 is 2.26 bits per heavy atom. The number of nitrogens with zero attached hydrogens (tertiary/aromatic N) is 2. The Balaban J connectivity index is 2.09. The van der Waals surface area contributed by atoms with Crippen molar-refractivity contribution in [2.45, 2.75) is 38.8 Å². The molecule has 1 unspecified atom stereocenters. The van der Waals surface area contributed by atoms with Crippen LogP contribution in [0, 0.1) is 10.1 Å². The van der Waals surface area contributed by atoms with Gasteiger partial charge in [0.15, 0.2) is 0 Å². The van der Waals surface area contributed by atoms with E-state index in [9.17, 15) is 15.2 Å². The van der Waals surface area contributed by atoms with Crippen molar-refractivity contribution in [3.8, 4) is 10.6 Å². The number of aliphatic hydroxyl groups is 1. The highest BCUT2D eigenvalue weighted by Gasteiger charge is 2.21. The van der Waals surface area contributed by atoms with Gasteiger partial charge in [-0.1, -0.05) is 25.5 Å². The van der Waals surface area contributed by atoms with Gasteiger partial charge in [-0.05, 0) is 13.3 Å². The third-order valence-corrected chi connectivity index (χ3v) is 4.64. The molecule has 0 saturated carbocycles. The van der Waals surface area contributed by atoms with E-state index in [0.29, 0.717) is 6.54 Å². The van der Waals surface area contributed by atoms with Crippen LogP contribution in [-0.2, 0) is 6.54 Å². The fourth-order valence-electron chi connectivity index (χ4n) is 2.35. The minimum absolute atomic E-state index is 0.0631. The van der Waals surface area contributed by atoms with Gasteiger partial charge < -0.3 is 10.4 Å². The number of nitrogens with one attached hydrogen (secondary N) is 1. The molecule has 0 amide bonds. The van der Waals surface area contributed by atoms with Crippen LogP contribution < -0.4 is 5.32 Å². The van der Waals surface area contributed by atoms with Crippen LogP contribution in [0.5, 0.6) is 0 Å². The summed E-state index contributed by atoms with van der Waals surface area (Å²) in [5.41, 5.74) is 1.36. The summed E-state index contributed by atoms with van der Waals surface area (Å²) < 4.78 is 0. The van der Waals surface area contributed by atoms with Crippen LogP contribution in [0.4, 0.5) is 5.69 Å². The Morgan fingerprint density at radius 3 is 2.91 bits per heavy atom. The summed E-state index contributed by atoms with van der Waals surface area (Å²) >= 11 is 1.46. The molecule has 23 heavy (non-hydrogen) atoms. The van der Waals surface area contributed by atoms with Crippen molar-refractivity contribution in [1.82, 2.24) is 10.3 Å². The molecule has 2 rings (SSSR count). The Morgan fingerprint density at radius 1 is 1.48 bits per heavy atom. The number of aromatic nitrogens is 1. The molecular weight excluding hydrogens is 314 g/mol. The Bertz CT molecular complexity index is 674. The number of aliphatic hydroxyl groups excluding tert-OH is 1. The summed E-state index contributed by atoms with van der Waals surface area (Å²) in [7, 11) is 0. The Labute approximate surface area is 139 Å². The van der Waals surface area contributed by atoms with Crippen LogP contribution in [0.25, 0.3) is 10.6 Å². The zero-order valence-corrected chi connectivity index (χ0v) is 14.1. The number of thiazole rings is 1. The topological polar surface area (TPSA) is 88.3 Å². The van der Waals surface area contributed by atoms with Crippen LogP contribution in [0.3, 0.4) is 0 Å². The zero-order chi connectivity index (χ0) is 16.9. The molecule has 0 fully saturated rings. The van der Waals surface area contributed by atoms with E-state index in [1.54, 1.807) is 6.07 Å². The van der Waals surface area contributed by atoms with E-state index in [-0.39, 0.29) is 17.8 Å². The molecule has 1 heterocycles. The highest BCUT2D eigenvalue weighted by Crippen LogP contribution is 2.27. The fraction of sp³-hybridized carbons (Fsp3) is 0.438. The number of hydrogen-bond donors (Lipinski definition) is 2. The van der Waals surface area contributed by atoms with Crippen molar-refractivity contribution in [3.63, 3.8) is 0 Å². The minimum atomic E-state index is -0.406. The number of nitro benzene ring substituents is 1. The van der Waals surface area contributed by atoms with Gasteiger partial charge in [0.2, 0.25) is 0 Å². The third kappa shape index (κ3) is 4.57. The Hall–Kier alpha value is -1.83. The standard InChI is InChI=1S/C16H21N3O3S/c1-3-7-16(2,11-20)17-9-13-10-23-15(18-13)12-5-4-6-14(8-12)19(21)22/h4-6,8,10,17,20H,3,7,9,11H2,1-2H3. The Kier molecular flexibility index (Phi) is 5.81. The van der Waals surface area contributed by atoms with E-state index >= 15 is 0 Å². The molecule has 0 aliphatic heterocycles. The predicted molar refractivity (Wildman–Crippen MR) is 91.4 cm³/mol. The number of non-ortho nitro benzene ring substituents is 1. The molecule has 1 aromatic carbocycles. The van der Waals surface area contributed by atoms with Crippen LogP contribution in [0.15, 0.2) is 29.6 Å². The van der Waals surface area contributed by atoms with Crippen molar-refractivity contribution < 1.29 is 10.0 Å². The summed E-state index contributed by atoms with van der Waals surface area (Å²) in [4.78, 5) is 15.0. The SMILES string of the molecule is CCCC(C)(CO)NCc1csc(-c2cccc([N+](=O)[O-])c2)n1.